The molecule has 2 rings (SSSR count). The van der Waals surface area contributed by atoms with E-state index in [1.54, 1.807) is 12.1 Å². The molecule has 0 fully saturated rings. The number of rotatable bonds is 1. The second kappa shape index (κ2) is 3.23. The average molecular weight is 204 g/mol. The minimum absolute atomic E-state index is 0.0104. The number of hydrogen-bond acceptors (Lipinski definition) is 3. The van der Waals surface area contributed by atoms with Crippen LogP contribution in [0, 0.1) is 5.41 Å². The third kappa shape index (κ3) is 1.40. The zero-order chi connectivity index (χ0) is 10.1. The summed E-state index contributed by atoms with van der Waals surface area (Å²) in [5.41, 5.74) is 6.60. The Balaban J connectivity index is 2.84. The highest BCUT2D eigenvalue weighted by Gasteiger charge is 2.03. The summed E-state index contributed by atoms with van der Waals surface area (Å²) in [5, 5.41) is 8.44. The van der Waals surface area contributed by atoms with Gasteiger partial charge in [0, 0.05) is 5.39 Å². The van der Waals surface area contributed by atoms with E-state index in [1.165, 1.54) is 0 Å². The fourth-order valence-corrected chi connectivity index (χ4v) is 1.41. The van der Waals surface area contributed by atoms with Crippen LogP contribution in [-0.4, -0.2) is 4.99 Å². The molecule has 0 aliphatic carbocycles. The predicted octanol–water partition coefficient (Wildman–Crippen LogP) is 1.55. The maximum Gasteiger partial charge on any atom is 0.222 e. The van der Waals surface area contributed by atoms with Crippen LogP contribution in [0.4, 0.5) is 0 Å². The van der Waals surface area contributed by atoms with Gasteiger partial charge in [-0.3, -0.25) is 5.41 Å². The summed E-state index contributed by atoms with van der Waals surface area (Å²) in [6, 6.07) is 9.21. The number of nitrogens with one attached hydrogen (secondary N) is 1. The van der Waals surface area contributed by atoms with Crippen molar-refractivity contribution in [2.45, 2.75) is 0 Å². The second-order valence-electron chi connectivity index (χ2n) is 2.89. The molecule has 0 aliphatic heterocycles. The minimum atomic E-state index is 0.0104. The smallest absolute Gasteiger partial charge is 0.222 e. The van der Waals surface area contributed by atoms with Crippen molar-refractivity contribution < 1.29 is 4.42 Å². The molecule has 2 aromatic rings. The van der Waals surface area contributed by atoms with Crippen LogP contribution in [0.25, 0.3) is 11.0 Å². The van der Waals surface area contributed by atoms with E-state index in [4.69, 9.17) is 27.8 Å². The molecule has 0 amide bonds. The maximum absolute atomic E-state index is 7.55. The van der Waals surface area contributed by atoms with E-state index in [0.29, 0.717) is 11.1 Å². The van der Waals surface area contributed by atoms with Crippen molar-refractivity contribution in [3.8, 4) is 0 Å². The molecular weight excluding hydrogens is 196 g/mol. The lowest BCUT2D eigenvalue weighted by Gasteiger charge is -2.00. The number of thiocarbonyl (C=S) groups is 1. The molecule has 3 nitrogen and oxygen atoms in total. The summed E-state index contributed by atoms with van der Waals surface area (Å²) in [4.78, 5) is 0.185. The molecule has 0 saturated heterocycles. The molecule has 0 radical (unpaired) electrons. The normalized spacial score (nSPS) is 10.3. The Morgan fingerprint density at radius 2 is 2.07 bits per heavy atom. The minimum Gasteiger partial charge on any atom is -0.438 e. The molecule has 1 heterocycles. The van der Waals surface area contributed by atoms with Gasteiger partial charge in [-0.2, -0.15) is 0 Å². The Hall–Kier alpha value is -1.68. The zero-order valence-corrected chi connectivity index (χ0v) is 8.10. The van der Waals surface area contributed by atoms with Crippen LogP contribution in [0.3, 0.4) is 0 Å². The summed E-state index contributed by atoms with van der Waals surface area (Å²) < 4.78 is 5.25. The standard InChI is InChI=1S/C10H8N2OS/c11-9-7(10(12)14)5-6-3-1-2-4-8(6)13-9/h1-5,11H,(H2,12,14). The Kier molecular flexibility index (Phi) is 2.05. The van der Waals surface area contributed by atoms with Crippen molar-refractivity contribution in [2.75, 3.05) is 0 Å². The SMILES string of the molecule is N=c1oc2ccccc2cc1C(N)=S. The van der Waals surface area contributed by atoms with E-state index in [9.17, 15) is 0 Å². The number of benzene rings is 1. The first-order valence-electron chi connectivity index (χ1n) is 4.06. The van der Waals surface area contributed by atoms with Gasteiger partial charge < -0.3 is 10.2 Å². The summed E-state index contributed by atoms with van der Waals surface area (Å²) in [6.45, 7) is 0. The van der Waals surface area contributed by atoms with Crippen LogP contribution in [0.2, 0.25) is 0 Å². The van der Waals surface area contributed by atoms with Gasteiger partial charge in [0.05, 0.1) is 5.56 Å². The van der Waals surface area contributed by atoms with Crippen LogP contribution in [0.1, 0.15) is 5.56 Å². The molecule has 0 aliphatic rings. The van der Waals surface area contributed by atoms with Crippen LogP contribution >= 0.6 is 12.2 Å². The van der Waals surface area contributed by atoms with Crippen molar-refractivity contribution in [2.24, 2.45) is 5.73 Å². The monoisotopic (exact) mass is 204 g/mol. The van der Waals surface area contributed by atoms with Crippen molar-refractivity contribution in [3.05, 3.63) is 41.4 Å². The van der Waals surface area contributed by atoms with Gasteiger partial charge in [-0.1, -0.05) is 30.4 Å². The quantitative estimate of drug-likeness (QED) is 0.693. The molecule has 0 spiro atoms. The van der Waals surface area contributed by atoms with Crippen molar-refractivity contribution in [1.29, 1.82) is 5.41 Å². The average Bonchev–Trinajstić information content (AvgIpc) is 2.16. The molecule has 3 N–H and O–H groups in total. The topological polar surface area (TPSA) is 63.0 Å². The Labute approximate surface area is 85.7 Å². The summed E-state index contributed by atoms with van der Waals surface area (Å²) in [7, 11) is 0. The summed E-state index contributed by atoms with van der Waals surface area (Å²) in [5.74, 6) is 0. The maximum atomic E-state index is 7.55. The number of hydrogen-bond donors (Lipinski definition) is 2. The Morgan fingerprint density at radius 1 is 1.36 bits per heavy atom. The van der Waals surface area contributed by atoms with Crippen LogP contribution < -0.4 is 11.3 Å². The number of fused-ring (bicyclic) bond motifs is 1. The van der Waals surface area contributed by atoms with Crippen LogP contribution in [-0.2, 0) is 0 Å². The van der Waals surface area contributed by atoms with E-state index >= 15 is 0 Å². The van der Waals surface area contributed by atoms with E-state index in [1.807, 2.05) is 18.2 Å². The predicted molar refractivity (Wildman–Crippen MR) is 58.0 cm³/mol. The lowest BCUT2D eigenvalue weighted by molar-refractivity contribution is 0.531. The Morgan fingerprint density at radius 3 is 2.79 bits per heavy atom. The molecule has 0 unspecified atom stereocenters. The zero-order valence-electron chi connectivity index (χ0n) is 7.28. The lowest BCUT2D eigenvalue weighted by atomic mass is 10.2. The molecule has 14 heavy (non-hydrogen) atoms. The third-order valence-electron chi connectivity index (χ3n) is 1.94. The van der Waals surface area contributed by atoms with Gasteiger partial charge in [-0.05, 0) is 12.1 Å². The fourth-order valence-electron chi connectivity index (χ4n) is 1.26. The van der Waals surface area contributed by atoms with Crippen molar-refractivity contribution in [3.63, 3.8) is 0 Å². The summed E-state index contributed by atoms with van der Waals surface area (Å²) in [6.07, 6.45) is 0. The first-order chi connectivity index (χ1) is 6.68. The molecule has 70 valence electrons. The van der Waals surface area contributed by atoms with Gasteiger partial charge in [-0.25, -0.2) is 0 Å². The first kappa shape index (κ1) is 8.90. The van der Waals surface area contributed by atoms with E-state index in [-0.39, 0.29) is 10.5 Å². The van der Waals surface area contributed by atoms with Crippen LogP contribution in [0.5, 0.6) is 0 Å². The molecule has 1 aromatic heterocycles. The fraction of sp³-hybridized carbons (Fsp3) is 0. The molecule has 1 aromatic carbocycles. The van der Waals surface area contributed by atoms with Gasteiger partial charge in [-0.15, -0.1) is 0 Å². The molecule has 0 saturated carbocycles. The largest absolute Gasteiger partial charge is 0.438 e. The van der Waals surface area contributed by atoms with Gasteiger partial charge >= 0.3 is 0 Å². The number of para-hydroxylation sites is 1. The van der Waals surface area contributed by atoms with Crippen LogP contribution in [0.15, 0.2) is 34.7 Å². The van der Waals surface area contributed by atoms with E-state index in [2.05, 4.69) is 0 Å². The Bertz CT molecular complexity index is 559. The lowest BCUT2D eigenvalue weighted by Crippen LogP contribution is -2.19. The second-order valence-corrected chi connectivity index (χ2v) is 3.33. The summed E-state index contributed by atoms with van der Waals surface area (Å²) >= 11 is 4.81. The van der Waals surface area contributed by atoms with E-state index < -0.39 is 0 Å². The van der Waals surface area contributed by atoms with Gasteiger partial charge in [0.1, 0.15) is 10.6 Å². The molecular formula is C10H8N2OS. The van der Waals surface area contributed by atoms with Crippen molar-refractivity contribution >= 4 is 28.2 Å². The van der Waals surface area contributed by atoms with Gasteiger partial charge in [0.2, 0.25) is 5.55 Å². The highest BCUT2D eigenvalue weighted by molar-refractivity contribution is 7.80. The molecule has 0 atom stereocenters. The van der Waals surface area contributed by atoms with Gasteiger partial charge in [0.15, 0.2) is 0 Å². The van der Waals surface area contributed by atoms with E-state index in [0.717, 1.165) is 5.39 Å². The highest BCUT2D eigenvalue weighted by atomic mass is 32.1. The first-order valence-corrected chi connectivity index (χ1v) is 4.46. The number of nitrogens with two attached hydrogens (primary N) is 1. The molecule has 4 heteroatoms. The van der Waals surface area contributed by atoms with Crippen molar-refractivity contribution in [1.82, 2.24) is 0 Å². The third-order valence-corrected chi connectivity index (χ3v) is 2.16. The molecule has 0 bridgehead atoms. The van der Waals surface area contributed by atoms with Gasteiger partial charge in [0.25, 0.3) is 0 Å². The highest BCUT2D eigenvalue weighted by Crippen LogP contribution is 2.12.